The van der Waals surface area contributed by atoms with E-state index in [1.54, 1.807) is 0 Å². The van der Waals surface area contributed by atoms with Crippen LogP contribution in [0, 0.1) is 0 Å². The highest BCUT2D eigenvalue weighted by Gasteiger charge is 2.17. The molecule has 1 aliphatic rings. The maximum absolute atomic E-state index is 12.0. The van der Waals surface area contributed by atoms with Gasteiger partial charge < -0.3 is 4.74 Å². The number of carbonyl (C=O) groups excluding carboxylic acids is 1. The first-order valence-electron chi connectivity index (χ1n) is 6.26. The molecule has 2 rings (SSSR count). The van der Waals surface area contributed by atoms with E-state index in [0.717, 1.165) is 26.0 Å². The van der Waals surface area contributed by atoms with Gasteiger partial charge in [0.2, 0.25) is 0 Å². The minimum Gasteiger partial charge on any atom is -0.370 e. The lowest BCUT2D eigenvalue weighted by atomic mass is 10.1. The summed E-state index contributed by atoms with van der Waals surface area (Å²) < 4.78 is 7.61. The van der Waals surface area contributed by atoms with E-state index in [-0.39, 0.29) is 18.5 Å². The van der Waals surface area contributed by atoms with Crippen molar-refractivity contribution in [1.82, 2.24) is 0 Å². The van der Waals surface area contributed by atoms with Crippen LogP contribution in [0.3, 0.4) is 0 Å². The van der Waals surface area contributed by atoms with Crippen LogP contribution in [-0.2, 0) is 4.74 Å². The van der Waals surface area contributed by atoms with Gasteiger partial charge in [0.15, 0.2) is 5.78 Å². The van der Waals surface area contributed by atoms with Crippen LogP contribution in [0.5, 0.6) is 0 Å². The molecule has 0 N–H and O–H groups in total. The highest BCUT2D eigenvalue weighted by molar-refractivity contribution is 9.12. The third-order valence-electron chi connectivity index (χ3n) is 3.21. The topological polar surface area (TPSA) is 26.3 Å². The van der Waals surface area contributed by atoms with Crippen molar-refractivity contribution in [2.75, 3.05) is 6.61 Å². The van der Waals surface area contributed by atoms with E-state index in [1.807, 2.05) is 6.07 Å². The Labute approximate surface area is 128 Å². The molecule has 0 saturated heterocycles. The summed E-state index contributed by atoms with van der Waals surface area (Å²) in [6.07, 6.45) is 7.54. The molecule has 0 bridgehead atoms. The van der Waals surface area contributed by atoms with Gasteiger partial charge in [0.25, 0.3) is 0 Å². The van der Waals surface area contributed by atoms with Crippen molar-refractivity contribution in [2.45, 2.75) is 44.6 Å². The lowest BCUT2D eigenvalue weighted by molar-refractivity contribution is 0.0389. The molecule has 1 fully saturated rings. The summed E-state index contributed by atoms with van der Waals surface area (Å²) >= 11 is 8.31. The van der Waals surface area contributed by atoms with Gasteiger partial charge in [-0.3, -0.25) is 4.79 Å². The average molecular weight is 396 g/mol. The summed E-state index contributed by atoms with van der Waals surface area (Å²) in [5, 5.41) is 0. The summed E-state index contributed by atoms with van der Waals surface area (Å²) in [6, 6.07) is 1.85. The highest BCUT2D eigenvalue weighted by Crippen LogP contribution is 2.32. The zero-order valence-corrected chi connectivity index (χ0v) is 14.1. The van der Waals surface area contributed by atoms with Crippen molar-refractivity contribution in [2.24, 2.45) is 0 Å². The molecule has 0 radical (unpaired) electrons. The van der Waals surface area contributed by atoms with E-state index in [1.165, 1.54) is 37.0 Å². The van der Waals surface area contributed by atoms with Crippen LogP contribution in [0.2, 0.25) is 0 Å². The Morgan fingerprint density at radius 3 is 2.50 bits per heavy atom. The fourth-order valence-corrected chi connectivity index (χ4v) is 5.07. The third kappa shape index (κ3) is 4.15. The average Bonchev–Trinajstić information content (AvgIpc) is 2.57. The largest absolute Gasteiger partial charge is 0.370 e. The van der Waals surface area contributed by atoms with Crippen molar-refractivity contribution in [3.63, 3.8) is 0 Å². The second-order valence-electron chi connectivity index (χ2n) is 4.59. The van der Waals surface area contributed by atoms with Gasteiger partial charge in [-0.15, -0.1) is 11.3 Å². The van der Waals surface area contributed by atoms with E-state index in [9.17, 15) is 4.79 Å². The van der Waals surface area contributed by atoms with Crippen molar-refractivity contribution in [3.05, 3.63) is 19.2 Å². The molecule has 1 aromatic rings. The Morgan fingerprint density at radius 1 is 1.28 bits per heavy atom. The molecule has 5 heteroatoms. The molecule has 100 valence electrons. The molecule has 18 heavy (non-hydrogen) atoms. The second kappa shape index (κ2) is 7.17. The van der Waals surface area contributed by atoms with E-state index >= 15 is 0 Å². The summed E-state index contributed by atoms with van der Waals surface area (Å²) in [5.41, 5.74) is 0.723. The number of Topliss-reactive ketones (excluding diaryl/α,β-unsaturated/α-hetero) is 1. The van der Waals surface area contributed by atoms with Gasteiger partial charge in [0.05, 0.1) is 13.7 Å². The molecule has 1 saturated carbocycles. The van der Waals surface area contributed by atoms with Crippen molar-refractivity contribution >= 4 is 49.0 Å². The van der Waals surface area contributed by atoms with E-state index in [4.69, 9.17) is 4.74 Å². The molecule has 1 heterocycles. The van der Waals surface area contributed by atoms with Crippen LogP contribution in [-0.4, -0.2) is 18.5 Å². The van der Waals surface area contributed by atoms with Crippen LogP contribution < -0.4 is 0 Å². The van der Waals surface area contributed by atoms with Gasteiger partial charge in [-0.25, -0.2) is 0 Å². The molecular weight excluding hydrogens is 380 g/mol. The van der Waals surface area contributed by atoms with Gasteiger partial charge in [-0.1, -0.05) is 25.7 Å². The van der Waals surface area contributed by atoms with Crippen molar-refractivity contribution in [3.8, 4) is 0 Å². The first kappa shape index (κ1) is 14.7. The molecular formula is C13H16Br2O2S. The predicted molar refractivity (Wildman–Crippen MR) is 81.5 cm³/mol. The number of ether oxygens (including phenoxy) is 1. The van der Waals surface area contributed by atoms with E-state index < -0.39 is 0 Å². The number of hydrogen-bond donors (Lipinski definition) is 0. The number of thiophene rings is 1. The van der Waals surface area contributed by atoms with Crippen molar-refractivity contribution in [1.29, 1.82) is 0 Å². The predicted octanol–water partition coefficient (Wildman–Crippen LogP) is 5.20. The summed E-state index contributed by atoms with van der Waals surface area (Å²) in [7, 11) is 0. The Morgan fingerprint density at radius 2 is 1.94 bits per heavy atom. The smallest absolute Gasteiger partial charge is 0.190 e. The highest BCUT2D eigenvalue weighted by atomic mass is 79.9. The third-order valence-corrected chi connectivity index (χ3v) is 5.55. The zero-order chi connectivity index (χ0) is 13.0. The minimum atomic E-state index is 0.0630. The van der Waals surface area contributed by atoms with Gasteiger partial charge in [0.1, 0.15) is 6.61 Å². The second-order valence-corrected chi connectivity index (χ2v) is 8.33. The lowest BCUT2D eigenvalue weighted by Gasteiger charge is -2.14. The Kier molecular flexibility index (Phi) is 5.86. The monoisotopic (exact) mass is 394 g/mol. The van der Waals surface area contributed by atoms with Gasteiger partial charge in [-0.05, 0) is 50.8 Å². The summed E-state index contributed by atoms with van der Waals surface area (Å²) in [5.74, 6) is 0.0630. The van der Waals surface area contributed by atoms with Crippen LogP contribution >= 0.6 is 43.2 Å². The molecule has 2 nitrogen and oxygen atoms in total. The number of ketones is 1. The summed E-state index contributed by atoms with van der Waals surface area (Å²) in [4.78, 5) is 12.0. The van der Waals surface area contributed by atoms with Crippen LogP contribution in [0.4, 0.5) is 0 Å². The Balaban J connectivity index is 1.85. The molecule has 0 aromatic carbocycles. The van der Waals surface area contributed by atoms with E-state index in [0.29, 0.717) is 0 Å². The molecule has 0 unspecified atom stereocenters. The van der Waals surface area contributed by atoms with Gasteiger partial charge >= 0.3 is 0 Å². The Hall–Kier alpha value is 0.290. The fraction of sp³-hybridized carbons (Fsp3) is 0.615. The number of hydrogen-bond acceptors (Lipinski definition) is 3. The molecule has 0 spiro atoms. The standard InChI is InChI=1S/C13H16Br2O2S/c14-12-7-10(13(15)18-12)11(16)8-17-9-5-3-1-2-4-6-9/h7,9H,1-6,8H2. The van der Waals surface area contributed by atoms with Gasteiger partial charge in [-0.2, -0.15) is 0 Å². The number of rotatable bonds is 4. The Bertz CT molecular complexity index is 409. The zero-order valence-electron chi connectivity index (χ0n) is 10.1. The maximum atomic E-state index is 12.0. The minimum absolute atomic E-state index is 0.0630. The molecule has 0 amide bonds. The van der Waals surface area contributed by atoms with Crippen molar-refractivity contribution < 1.29 is 9.53 Å². The normalized spacial score (nSPS) is 17.7. The van der Waals surface area contributed by atoms with Gasteiger partial charge in [0, 0.05) is 5.56 Å². The first-order valence-corrected chi connectivity index (χ1v) is 8.66. The lowest BCUT2D eigenvalue weighted by Crippen LogP contribution is -2.17. The van der Waals surface area contributed by atoms with Crippen LogP contribution in [0.15, 0.2) is 13.6 Å². The molecule has 0 atom stereocenters. The fourth-order valence-electron chi connectivity index (χ4n) is 2.21. The van der Waals surface area contributed by atoms with Crippen LogP contribution in [0.25, 0.3) is 0 Å². The number of halogens is 2. The summed E-state index contributed by atoms with van der Waals surface area (Å²) in [6.45, 7) is 0.201. The van der Waals surface area contributed by atoms with E-state index in [2.05, 4.69) is 31.9 Å². The number of carbonyl (C=O) groups is 1. The SMILES string of the molecule is O=C(COC1CCCCCC1)c1cc(Br)sc1Br. The molecule has 1 aromatic heterocycles. The quantitative estimate of drug-likeness (QED) is 0.517. The molecule has 0 aliphatic heterocycles. The first-order chi connectivity index (χ1) is 8.66. The molecule has 1 aliphatic carbocycles. The van der Waals surface area contributed by atoms with Crippen LogP contribution in [0.1, 0.15) is 48.9 Å². The maximum Gasteiger partial charge on any atom is 0.190 e.